The smallest absolute Gasteiger partial charge is 0.155 e. The van der Waals surface area contributed by atoms with Gasteiger partial charge in [0.05, 0.1) is 6.61 Å². The molecule has 1 N–H and O–H groups in total. The second-order valence-electron chi connectivity index (χ2n) is 2.79. The number of aromatic nitrogens is 3. The summed E-state index contributed by atoms with van der Waals surface area (Å²) >= 11 is 0. The third-order valence-corrected chi connectivity index (χ3v) is 1.85. The van der Waals surface area contributed by atoms with E-state index in [0.29, 0.717) is 6.61 Å². The molecule has 0 aliphatic rings. The van der Waals surface area contributed by atoms with Gasteiger partial charge in [-0.05, 0) is 31.2 Å². The van der Waals surface area contributed by atoms with Gasteiger partial charge in [-0.15, -0.1) is 0 Å². The highest BCUT2D eigenvalue weighted by atomic mass is 16.5. The summed E-state index contributed by atoms with van der Waals surface area (Å²) in [6.07, 6.45) is 1.49. The Labute approximate surface area is 81.9 Å². The second kappa shape index (κ2) is 3.91. The lowest BCUT2D eigenvalue weighted by Crippen LogP contribution is -1.90. The highest BCUT2D eigenvalue weighted by molar-refractivity contribution is 5.55. The number of hydrogen-bond acceptors (Lipinski definition) is 3. The second-order valence-corrected chi connectivity index (χ2v) is 2.79. The largest absolute Gasteiger partial charge is 0.494 e. The van der Waals surface area contributed by atoms with Crippen molar-refractivity contribution in [1.82, 2.24) is 15.2 Å². The standard InChI is InChI=1S/C10H11N3O/c1-2-14-9-5-3-8(4-6-9)10-11-7-12-13-10/h3-7H,2H2,1H3,(H,11,12,13). The molecule has 0 saturated heterocycles. The molecular weight excluding hydrogens is 178 g/mol. The van der Waals surface area contributed by atoms with Gasteiger partial charge in [-0.3, -0.25) is 5.10 Å². The zero-order valence-corrected chi connectivity index (χ0v) is 7.90. The maximum absolute atomic E-state index is 5.33. The van der Waals surface area contributed by atoms with Crippen molar-refractivity contribution in [1.29, 1.82) is 0 Å². The number of aromatic amines is 1. The van der Waals surface area contributed by atoms with Crippen molar-refractivity contribution in [2.45, 2.75) is 6.92 Å². The Bertz CT molecular complexity index is 380. The van der Waals surface area contributed by atoms with Crippen LogP contribution in [-0.2, 0) is 0 Å². The normalized spacial score (nSPS) is 10.1. The molecule has 4 nitrogen and oxygen atoms in total. The molecule has 0 radical (unpaired) electrons. The number of H-pyrrole nitrogens is 1. The summed E-state index contributed by atoms with van der Waals surface area (Å²) in [6.45, 7) is 2.64. The van der Waals surface area contributed by atoms with Crippen LogP contribution in [0.5, 0.6) is 5.75 Å². The molecule has 72 valence electrons. The monoisotopic (exact) mass is 189 g/mol. The number of benzene rings is 1. The van der Waals surface area contributed by atoms with Gasteiger partial charge in [0.1, 0.15) is 12.1 Å². The van der Waals surface area contributed by atoms with Crippen LogP contribution in [0.2, 0.25) is 0 Å². The van der Waals surface area contributed by atoms with Crippen LogP contribution in [0, 0.1) is 0 Å². The fourth-order valence-corrected chi connectivity index (χ4v) is 1.22. The first kappa shape index (κ1) is 8.74. The molecule has 4 heteroatoms. The molecule has 2 aromatic rings. The van der Waals surface area contributed by atoms with Crippen molar-refractivity contribution in [3.05, 3.63) is 30.6 Å². The van der Waals surface area contributed by atoms with Gasteiger partial charge in [0.2, 0.25) is 0 Å². The molecule has 1 aromatic carbocycles. The van der Waals surface area contributed by atoms with Crippen molar-refractivity contribution in [3.63, 3.8) is 0 Å². The zero-order valence-electron chi connectivity index (χ0n) is 7.90. The summed E-state index contributed by atoms with van der Waals surface area (Å²) in [7, 11) is 0. The fraction of sp³-hybridized carbons (Fsp3) is 0.200. The van der Waals surface area contributed by atoms with Crippen molar-refractivity contribution < 1.29 is 4.74 Å². The van der Waals surface area contributed by atoms with Gasteiger partial charge in [-0.2, -0.15) is 5.10 Å². The summed E-state index contributed by atoms with van der Waals surface area (Å²) in [4.78, 5) is 4.05. The Kier molecular flexibility index (Phi) is 2.44. The van der Waals surface area contributed by atoms with Crippen molar-refractivity contribution >= 4 is 0 Å². The predicted octanol–water partition coefficient (Wildman–Crippen LogP) is 1.87. The van der Waals surface area contributed by atoms with Crippen molar-refractivity contribution in [3.8, 4) is 17.1 Å². The first-order valence-corrected chi connectivity index (χ1v) is 4.48. The maximum Gasteiger partial charge on any atom is 0.155 e. The lowest BCUT2D eigenvalue weighted by molar-refractivity contribution is 0.340. The summed E-state index contributed by atoms with van der Waals surface area (Å²) < 4.78 is 5.33. The summed E-state index contributed by atoms with van der Waals surface area (Å²) in [5.74, 6) is 1.64. The van der Waals surface area contributed by atoms with Crippen LogP contribution < -0.4 is 4.74 Å². The fourth-order valence-electron chi connectivity index (χ4n) is 1.22. The van der Waals surface area contributed by atoms with E-state index in [-0.39, 0.29) is 0 Å². The van der Waals surface area contributed by atoms with Gasteiger partial charge in [0, 0.05) is 5.56 Å². The Balaban J connectivity index is 2.22. The molecule has 0 bridgehead atoms. The lowest BCUT2D eigenvalue weighted by atomic mass is 10.2. The van der Waals surface area contributed by atoms with E-state index in [0.717, 1.165) is 17.1 Å². The molecule has 0 spiro atoms. The first-order chi connectivity index (χ1) is 6.90. The predicted molar refractivity (Wildman–Crippen MR) is 53.0 cm³/mol. The number of nitrogens with one attached hydrogen (secondary N) is 1. The summed E-state index contributed by atoms with van der Waals surface area (Å²) in [6, 6.07) is 7.74. The Morgan fingerprint density at radius 2 is 2.07 bits per heavy atom. The SMILES string of the molecule is CCOc1ccc(-c2ncn[nH]2)cc1. The average molecular weight is 189 g/mol. The first-order valence-electron chi connectivity index (χ1n) is 4.48. The molecule has 0 atom stereocenters. The Morgan fingerprint density at radius 3 is 2.64 bits per heavy atom. The van der Waals surface area contributed by atoms with E-state index < -0.39 is 0 Å². The number of nitrogens with zero attached hydrogens (tertiary/aromatic N) is 2. The molecule has 14 heavy (non-hydrogen) atoms. The Hall–Kier alpha value is -1.84. The molecule has 0 aliphatic carbocycles. The lowest BCUT2D eigenvalue weighted by Gasteiger charge is -2.02. The van der Waals surface area contributed by atoms with Gasteiger partial charge in [0.15, 0.2) is 5.82 Å². The van der Waals surface area contributed by atoms with E-state index in [1.807, 2.05) is 31.2 Å². The van der Waals surface area contributed by atoms with Gasteiger partial charge >= 0.3 is 0 Å². The van der Waals surface area contributed by atoms with E-state index in [4.69, 9.17) is 4.74 Å². The highest BCUT2D eigenvalue weighted by Crippen LogP contribution is 2.18. The molecular formula is C10H11N3O. The minimum absolute atomic E-state index is 0.682. The molecule has 0 saturated carbocycles. The van der Waals surface area contributed by atoms with Crippen LogP contribution in [0.1, 0.15) is 6.92 Å². The van der Waals surface area contributed by atoms with E-state index in [9.17, 15) is 0 Å². The Morgan fingerprint density at radius 1 is 1.29 bits per heavy atom. The van der Waals surface area contributed by atoms with Gasteiger partial charge in [-0.1, -0.05) is 0 Å². The highest BCUT2D eigenvalue weighted by Gasteiger charge is 1.99. The molecule has 0 amide bonds. The number of ether oxygens (including phenoxy) is 1. The van der Waals surface area contributed by atoms with Crippen LogP contribution in [0.4, 0.5) is 0 Å². The van der Waals surface area contributed by atoms with Crippen LogP contribution in [0.25, 0.3) is 11.4 Å². The molecule has 0 aliphatic heterocycles. The minimum atomic E-state index is 0.682. The van der Waals surface area contributed by atoms with E-state index >= 15 is 0 Å². The zero-order chi connectivity index (χ0) is 9.80. The summed E-state index contributed by atoms with van der Waals surface area (Å²) in [5, 5.41) is 6.59. The van der Waals surface area contributed by atoms with Crippen molar-refractivity contribution in [2.75, 3.05) is 6.61 Å². The molecule has 2 rings (SSSR count). The topological polar surface area (TPSA) is 50.8 Å². The molecule has 0 fully saturated rings. The van der Waals surface area contributed by atoms with Crippen molar-refractivity contribution in [2.24, 2.45) is 0 Å². The molecule has 0 unspecified atom stereocenters. The van der Waals surface area contributed by atoms with E-state index in [1.165, 1.54) is 6.33 Å². The minimum Gasteiger partial charge on any atom is -0.494 e. The quantitative estimate of drug-likeness (QED) is 0.801. The van der Waals surface area contributed by atoms with E-state index in [1.54, 1.807) is 0 Å². The summed E-state index contributed by atoms with van der Waals surface area (Å²) in [5.41, 5.74) is 1.01. The maximum atomic E-state index is 5.33. The van der Waals surface area contributed by atoms with Crippen LogP contribution >= 0.6 is 0 Å². The molecule has 1 aromatic heterocycles. The van der Waals surface area contributed by atoms with Crippen LogP contribution in [0.3, 0.4) is 0 Å². The van der Waals surface area contributed by atoms with E-state index in [2.05, 4.69) is 15.2 Å². The average Bonchev–Trinajstić information content (AvgIpc) is 2.72. The number of hydrogen-bond donors (Lipinski definition) is 1. The van der Waals surface area contributed by atoms with Gasteiger partial charge in [0.25, 0.3) is 0 Å². The van der Waals surface area contributed by atoms with Gasteiger partial charge < -0.3 is 4.74 Å². The van der Waals surface area contributed by atoms with Crippen LogP contribution in [0.15, 0.2) is 30.6 Å². The molecule has 1 heterocycles. The number of rotatable bonds is 3. The van der Waals surface area contributed by atoms with Gasteiger partial charge in [-0.25, -0.2) is 4.98 Å². The van der Waals surface area contributed by atoms with Crippen LogP contribution in [-0.4, -0.2) is 21.8 Å². The third kappa shape index (κ3) is 1.74. The third-order valence-electron chi connectivity index (χ3n) is 1.85.